The first-order valence-corrected chi connectivity index (χ1v) is 10.6. The Balaban J connectivity index is 1.32. The number of nitro groups is 1. The van der Waals surface area contributed by atoms with Crippen molar-refractivity contribution in [1.29, 1.82) is 0 Å². The Morgan fingerprint density at radius 1 is 1.16 bits per heavy atom. The van der Waals surface area contributed by atoms with Crippen molar-refractivity contribution in [3.05, 3.63) is 86.4 Å². The average Bonchev–Trinajstić information content (AvgIpc) is 3.39. The van der Waals surface area contributed by atoms with Crippen LogP contribution in [0.1, 0.15) is 15.2 Å². The SMILES string of the molecule is O=C(NCc1ccc(-c2nc3ncccc3o2)cc1)c1sc2c([N+](=O)[O-])cccc2c1Cl. The molecule has 0 saturated carbocycles. The van der Waals surface area contributed by atoms with E-state index in [1.54, 1.807) is 30.5 Å². The Labute approximate surface area is 189 Å². The molecule has 10 heteroatoms. The highest BCUT2D eigenvalue weighted by Gasteiger charge is 2.22. The predicted octanol–water partition coefficient (Wildman–Crippen LogP) is 5.60. The van der Waals surface area contributed by atoms with E-state index in [0.717, 1.165) is 22.5 Å². The van der Waals surface area contributed by atoms with E-state index in [-0.39, 0.29) is 28.0 Å². The molecule has 3 aromatic heterocycles. The highest BCUT2D eigenvalue weighted by molar-refractivity contribution is 7.22. The maximum atomic E-state index is 12.7. The predicted molar refractivity (Wildman–Crippen MR) is 122 cm³/mol. The number of carbonyl (C=O) groups is 1. The zero-order valence-electron chi connectivity index (χ0n) is 16.2. The lowest BCUT2D eigenvalue weighted by atomic mass is 10.1. The van der Waals surface area contributed by atoms with Crippen molar-refractivity contribution in [3.63, 3.8) is 0 Å². The lowest BCUT2D eigenvalue weighted by Gasteiger charge is -2.05. The highest BCUT2D eigenvalue weighted by atomic mass is 35.5. The van der Waals surface area contributed by atoms with E-state index < -0.39 is 4.92 Å². The minimum absolute atomic E-state index is 0.0709. The minimum Gasteiger partial charge on any atom is -0.434 e. The van der Waals surface area contributed by atoms with Crippen LogP contribution in [0.4, 0.5) is 5.69 Å². The van der Waals surface area contributed by atoms with Gasteiger partial charge in [0.25, 0.3) is 11.6 Å². The molecule has 5 aromatic rings. The molecule has 0 fully saturated rings. The first-order chi connectivity index (χ1) is 15.5. The van der Waals surface area contributed by atoms with Crippen LogP contribution in [0.3, 0.4) is 0 Å². The number of nitrogens with one attached hydrogen (secondary N) is 1. The van der Waals surface area contributed by atoms with Crippen molar-refractivity contribution in [2.24, 2.45) is 0 Å². The second kappa shape index (κ2) is 8.03. The first kappa shape index (κ1) is 20.1. The number of pyridine rings is 1. The number of nitro benzene ring substituents is 1. The second-order valence-electron chi connectivity index (χ2n) is 6.88. The van der Waals surface area contributed by atoms with Gasteiger partial charge in [0.1, 0.15) is 9.58 Å². The molecular weight excluding hydrogens is 452 g/mol. The van der Waals surface area contributed by atoms with Crippen LogP contribution in [0.15, 0.2) is 65.2 Å². The van der Waals surface area contributed by atoms with Gasteiger partial charge in [0.2, 0.25) is 5.89 Å². The zero-order valence-corrected chi connectivity index (χ0v) is 17.8. The summed E-state index contributed by atoms with van der Waals surface area (Å²) in [6, 6.07) is 15.6. The van der Waals surface area contributed by atoms with Crippen LogP contribution < -0.4 is 5.32 Å². The Morgan fingerprint density at radius 3 is 2.72 bits per heavy atom. The van der Waals surface area contributed by atoms with Crippen LogP contribution in [-0.2, 0) is 6.54 Å². The van der Waals surface area contributed by atoms with Gasteiger partial charge in [-0.3, -0.25) is 14.9 Å². The molecule has 3 heterocycles. The fourth-order valence-electron chi connectivity index (χ4n) is 3.28. The average molecular weight is 465 g/mol. The maximum absolute atomic E-state index is 12.7. The third-order valence-electron chi connectivity index (χ3n) is 4.86. The number of hydrogen-bond acceptors (Lipinski definition) is 7. The minimum atomic E-state index is -0.481. The fourth-order valence-corrected chi connectivity index (χ4v) is 4.80. The summed E-state index contributed by atoms with van der Waals surface area (Å²) < 4.78 is 6.09. The molecule has 0 aliphatic carbocycles. The molecule has 2 aromatic carbocycles. The van der Waals surface area contributed by atoms with Gasteiger partial charge in [0, 0.05) is 29.8 Å². The number of rotatable bonds is 5. The molecule has 1 N–H and O–H groups in total. The summed E-state index contributed by atoms with van der Waals surface area (Å²) in [6.45, 7) is 0.265. The monoisotopic (exact) mass is 464 g/mol. The van der Waals surface area contributed by atoms with Crippen molar-refractivity contribution in [1.82, 2.24) is 15.3 Å². The number of carbonyl (C=O) groups excluding carboxylic acids is 1. The summed E-state index contributed by atoms with van der Waals surface area (Å²) in [5.74, 6) is 0.0764. The summed E-state index contributed by atoms with van der Waals surface area (Å²) >= 11 is 7.35. The number of fused-ring (bicyclic) bond motifs is 2. The number of aromatic nitrogens is 2. The van der Waals surface area contributed by atoms with Gasteiger partial charge in [-0.1, -0.05) is 35.9 Å². The summed E-state index contributed by atoms with van der Waals surface area (Å²) in [7, 11) is 0. The Kier molecular flexibility index (Phi) is 5.04. The van der Waals surface area contributed by atoms with Crippen molar-refractivity contribution in [3.8, 4) is 11.5 Å². The lowest BCUT2D eigenvalue weighted by Crippen LogP contribution is -2.22. The van der Waals surface area contributed by atoms with E-state index in [1.165, 1.54) is 6.07 Å². The molecule has 0 bridgehead atoms. The lowest BCUT2D eigenvalue weighted by molar-refractivity contribution is -0.382. The first-order valence-electron chi connectivity index (χ1n) is 9.46. The molecule has 0 unspecified atom stereocenters. The summed E-state index contributed by atoms with van der Waals surface area (Å²) in [6.07, 6.45) is 1.65. The normalized spacial score (nSPS) is 11.2. The van der Waals surface area contributed by atoms with Gasteiger partial charge in [0.05, 0.1) is 9.95 Å². The Morgan fingerprint density at radius 2 is 1.97 bits per heavy atom. The molecule has 0 saturated heterocycles. The molecule has 0 aliphatic heterocycles. The number of benzene rings is 2. The highest BCUT2D eigenvalue weighted by Crippen LogP contribution is 2.40. The van der Waals surface area contributed by atoms with Gasteiger partial charge < -0.3 is 9.73 Å². The van der Waals surface area contributed by atoms with E-state index in [0.29, 0.717) is 27.2 Å². The molecule has 8 nitrogen and oxygen atoms in total. The molecular formula is C22H13ClN4O4S. The molecule has 0 atom stereocenters. The Hall–Kier alpha value is -3.82. The van der Waals surface area contributed by atoms with Crippen molar-refractivity contribution in [2.45, 2.75) is 6.54 Å². The smallest absolute Gasteiger partial charge is 0.287 e. The van der Waals surface area contributed by atoms with Gasteiger partial charge in [-0.25, -0.2) is 4.98 Å². The van der Waals surface area contributed by atoms with E-state index in [1.807, 2.05) is 24.3 Å². The van der Waals surface area contributed by atoms with Crippen molar-refractivity contribution >= 4 is 55.8 Å². The topological polar surface area (TPSA) is 111 Å². The van der Waals surface area contributed by atoms with Crippen LogP contribution in [0.2, 0.25) is 5.02 Å². The number of amides is 1. The van der Waals surface area contributed by atoms with Gasteiger partial charge in [0.15, 0.2) is 11.2 Å². The third-order valence-corrected chi connectivity index (χ3v) is 6.59. The van der Waals surface area contributed by atoms with Crippen LogP contribution in [-0.4, -0.2) is 20.8 Å². The van der Waals surface area contributed by atoms with Gasteiger partial charge in [-0.05, 0) is 29.8 Å². The van der Waals surface area contributed by atoms with Gasteiger partial charge >= 0.3 is 0 Å². The van der Waals surface area contributed by atoms with Crippen LogP contribution in [0.25, 0.3) is 32.8 Å². The molecule has 0 radical (unpaired) electrons. The van der Waals surface area contributed by atoms with E-state index in [4.69, 9.17) is 16.0 Å². The van der Waals surface area contributed by atoms with Gasteiger partial charge in [-0.2, -0.15) is 4.98 Å². The molecule has 0 aliphatic rings. The number of hydrogen-bond donors (Lipinski definition) is 1. The van der Waals surface area contributed by atoms with Crippen LogP contribution in [0.5, 0.6) is 0 Å². The number of thiophene rings is 1. The molecule has 1 amide bonds. The molecule has 0 spiro atoms. The van der Waals surface area contributed by atoms with E-state index in [9.17, 15) is 14.9 Å². The summed E-state index contributed by atoms with van der Waals surface area (Å²) in [5, 5.41) is 14.8. The summed E-state index contributed by atoms with van der Waals surface area (Å²) in [5.41, 5.74) is 2.73. The summed E-state index contributed by atoms with van der Waals surface area (Å²) in [4.78, 5) is 32.2. The number of non-ortho nitro benzene ring substituents is 1. The van der Waals surface area contributed by atoms with Crippen LogP contribution in [0, 0.1) is 10.1 Å². The molecule has 5 rings (SSSR count). The largest absolute Gasteiger partial charge is 0.434 e. The van der Waals surface area contributed by atoms with E-state index >= 15 is 0 Å². The number of oxazole rings is 1. The molecule has 32 heavy (non-hydrogen) atoms. The van der Waals surface area contributed by atoms with Crippen molar-refractivity contribution in [2.75, 3.05) is 0 Å². The van der Waals surface area contributed by atoms with Crippen LogP contribution >= 0.6 is 22.9 Å². The molecule has 158 valence electrons. The Bertz CT molecular complexity index is 1460. The zero-order chi connectivity index (χ0) is 22.2. The maximum Gasteiger partial charge on any atom is 0.287 e. The quantitative estimate of drug-likeness (QED) is 0.268. The number of nitrogens with zero attached hydrogens (tertiary/aromatic N) is 3. The third kappa shape index (κ3) is 3.57. The number of halogens is 1. The second-order valence-corrected chi connectivity index (χ2v) is 8.28. The van der Waals surface area contributed by atoms with Crippen molar-refractivity contribution < 1.29 is 14.1 Å². The van der Waals surface area contributed by atoms with Gasteiger partial charge in [-0.15, -0.1) is 11.3 Å². The fraction of sp³-hybridized carbons (Fsp3) is 0.0455. The van der Waals surface area contributed by atoms with E-state index in [2.05, 4.69) is 15.3 Å². The standard InChI is InChI=1S/C22H13ClN4O4S/c23-17-14-3-1-4-15(27(29)30)18(14)32-19(17)21(28)25-11-12-6-8-13(9-7-12)22-26-20-16(31-22)5-2-10-24-20/h1-10H,11H2,(H,25,28).